The lowest BCUT2D eigenvalue weighted by atomic mass is 10.1. The number of hydrazine groups is 1. The predicted molar refractivity (Wildman–Crippen MR) is 58.8 cm³/mol. The van der Waals surface area contributed by atoms with Crippen molar-refractivity contribution in [3.63, 3.8) is 0 Å². The molecule has 0 aliphatic carbocycles. The first-order valence-electron chi connectivity index (χ1n) is 5.16. The van der Waals surface area contributed by atoms with Gasteiger partial charge in [0.1, 0.15) is 12.4 Å². The van der Waals surface area contributed by atoms with Gasteiger partial charge in [0.25, 0.3) is 5.91 Å². The molecule has 0 saturated carbocycles. The quantitative estimate of drug-likeness (QED) is 0.743. The fourth-order valence-electron chi connectivity index (χ4n) is 1.45. The van der Waals surface area contributed by atoms with Crippen LogP contribution in [0.4, 0.5) is 9.18 Å². The molecule has 2 N–H and O–H groups in total. The van der Waals surface area contributed by atoms with Gasteiger partial charge in [-0.15, -0.1) is 0 Å². The van der Waals surface area contributed by atoms with Gasteiger partial charge in [-0.2, -0.15) is 0 Å². The summed E-state index contributed by atoms with van der Waals surface area (Å²) in [6.45, 7) is 1.32. The number of benzene rings is 1. The van der Waals surface area contributed by atoms with Gasteiger partial charge in [0.15, 0.2) is 0 Å². The summed E-state index contributed by atoms with van der Waals surface area (Å²) in [5.74, 6) is -1.67. The van der Waals surface area contributed by atoms with Crippen LogP contribution in [0.5, 0.6) is 0 Å². The molecule has 7 heteroatoms. The zero-order valence-electron chi connectivity index (χ0n) is 9.49. The standard InChI is InChI=1S/C11H10FN3O3/c1-6-2-3-7(4-8(6)12)10(17)14-15-5-9(16)13-11(15)18/h2-4H,5H2,1H3,(H,14,17)(H,13,16,18). The molecule has 1 aliphatic rings. The van der Waals surface area contributed by atoms with E-state index in [1.807, 2.05) is 5.32 Å². The maximum atomic E-state index is 13.3. The molecule has 4 amide bonds. The fraction of sp³-hybridized carbons (Fsp3) is 0.182. The van der Waals surface area contributed by atoms with Gasteiger partial charge >= 0.3 is 6.03 Å². The molecule has 1 saturated heterocycles. The summed E-state index contributed by atoms with van der Waals surface area (Å²) in [4.78, 5) is 33.8. The Labute approximate surface area is 102 Å². The van der Waals surface area contributed by atoms with E-state index in [2.05, 4.69) is 5.43 Å². The van der Waals surface area contributed by atoms with Crippen LogP contribution in [-0.4, -0.2) is 29.4 Å². The molecule has 1 aromatic carbocycles. The molecule has 6 nitrogen and oxygen atoms in total. The molecule has 2 rings (SSSR count). The molecule has 94 valence electrons. The van der Waals surface area contributed by atoms with Crippen LogP contribution in [0.25, 0.3) is 0 Å². The number of hydrogen-bond acceptors (Lipinski definition) is 3. The number of imide groups is 1. The van der Waals surface area contributed by atoms with Crippen molar-refractivity contribution >= 4 is 17.8 Å². The second kappa shape index (κ2) is 4.44. The van der Waals surface area contributed by atoms with Crippen molar-refractivity contribution in [1.29, 1.82) is 0 Å². The predicted octanol–water partition coefficient (Wildman–Crippen LogP) is 0.331. The Bertz CT molecular complexity index is 544. The van der Waals surface area contributed by atoms with Gasteiger partial charge in [-0.25, -0.2) is 14.2 Å². The van der Waals surface area contributed by atoms with Crippen molar-refractivity contribution in [2.75, 3.05) is 6.54 Å². The van der Waals surface area contributed by atoms with Gasteiger partial charge in [-0.3, -0.25) is 20.3 Å². The summed E-state index contributed by atoms with van der Waals surface area (Å²) in [5.41, 5.74) is 2.71. The third-order valence-electron chi connectivity index (χ3n) is 2.46. The van der Waals surface area contributed by atoms with E-state index in [0.717, 1.165) is 11.1 Å². The summed E-state index contributed by atoms with van der Waals surface area (Å²) in [7, 11) is 0. The summed E-state index contributed by atoms with van der Waals surface area (Å²) in [6, 6.07) is 3.25. The molecule has 0 aromatic heterocycles. The van der Waals surface area contributed by atoms with Gasteiger partial charge in [0.2, 0.25) is 5.91 Å². The zero-order chi connectivity index (χ0) is 13.3. The van der Waals surface area contributed by atoms with Crippen LogP contribution in [0.15, 0.2) is 18.2 Å². The smallest absolute Gasteiger partial charge is 0.275 e. The minimum Gasteiger partial charge on any atom is -0.275 e. The number of nitrogens with zero attached hydrogens (tertiary/aromatic N) is 1. The highest BCUT2D eigenvalue weighted by molar-refractivity contribution is 6.03. The van der Waals surface area contributed by atoms with Crippen molar-refractivity contribution in [2.45, 2.75) is 6.92 Å². The molecule has 0 spiro atoms. The first-order valence-corrected chi connectivity index (χ1v) is 5.16. The molecule has 1 heterocycles. The van der Waals surface area contributed by atoms with Gasteiger partial charge in [0.05, 0.1) is 0 Å². The second-order valence-electron chi connectivity index (χ2n) is 3.84. The number of carbonyl (C=O) groups excluding carboxylic acids is 3. The second-order valence-corrected chi connectivity index (χ2v) is 3.84. The summed E-state index contributed by atoms with van der Waals surface area (Å²) in [5, 5.41) is 2.84. The van der Waals surface area contributed by atoms with Gasteiger partial charge in [-0.05, 0) is 24.6 Å². The van der Waals surface area contributed by atoms with Crippen molar-refractivity contribution in [3.8, 4) is 0 Å². The SMILES string of the molecule is Cc1ccc(C(=O)NN2CC(=O)NC2=O)cc1F. The van der Waals surface area contributed by atoms with Crippen molar-refractivity contribution < 1.29 is 18.8 Å². The normalized spacial score (nSPS) is 14.7. The highest BCUT2D eigenvalue weighted by atomic mass is 19.1. The maximum Gasteiger partial charge on any atom is 0.343 e. The average Bonchev–Trinajstić information content (AvgIpc) is 2.61. The van der Waals surface area contributed by atoms with E-state index in [9.17, 15) is 18.8 Å². The minimum atomic E-state index is -0.707. The Hall–Kier alpha value is -2.44. The number of hydrogen-bond donors (Lipinski definition) is 2. The molecular formula is C11H10FN3O3. The number of nitrogens with one attached hydrogen (secondary N) is 2. The molecule has 1 aromatic rings. The van der Waals surface area contributed by atoms with Crippen molar-refractivity contribution in [3.05, 3.63) is 35.1 Å². The summed E-state index contributed by atoms with van der Waals surface area (Å²) < 4.78 is 13.3. The fourth-order valence-corrected chi connectivity index (χ4v) is 1.45. The minimum absolute atomic E-state index is 0.0743. The molecule has 0 radical (unpaired) electrons. The third kappa shape index (κ3) is 2.29. The zero-order valence-corrected chi connectivity index (χ0v) is 9.49. The Morgan fingerprint density at radius 1 is 1.44 bits per heavy atom. The molecule has 1 aliphatic heterocycles. The first kappa shape index (κ1) is 12.0. The molecule has 1 fully saturated rings. The van der Waals surface area contributed by atoms with E-state index in [4.69, 9.17) is 0 Å². The topological polar surface area (TPSA) is 78.5 Å². The van der Waals surface area contributed by atoms with E-state index < -0.39 is 23.7 Å². The lowest BCUT2D eigenvalue weighted by Crippen LogP contribution is -2.44. The average molecular weight is 251 g/mol. The highest BCUT2D eigenvalue weighted by Gasteiger charge is 2.28. The Morgan fingerprint density at radius 3 is 2.72 bits per heavy atom. The van der Waals surface area contributed by atoms with Crippen molar-refractivity contribution in [1.82, 2.24) is 15.8 Å². The summed E-state index contributed by atoms with van der Waals surface area (Å²) >= 11 is 0. The van der Waals surface area contributed by atoms with Gasteiger partial charge in [-0.1, -0.05) is 6.07 Å². The van der Waals surface area contributed by atoms with E-state index in [1.54, 1.807) is 6.92 Å². The number of rotatable bonds is 2. The summed E-state index contributed by atoms with van der Waals surface area (Å²) in [6.07, 6.45) is 0. The van der Waals surface area contributed by atoms with Crippen LogP contribution in [0.2, 0.25) is 0 Å². The number of halogens is 1. The maximum absolute atomic E-state index is 13.3. The molecule has 0 unspecified atom stereocenters. The third-order valence-corrected chi connectivity index (χ3v) is 2.46. The Balaban J connectivity index is 2.10. The first-order chi connectivity index (χ1) is 8.47. The van der Waals surface area contributed by atoms with E-state index in [-0.39, 0.29) is 12.1 Å². The van der Waals surface area contributed by atoms with Crippen LogP contribution in [0.3, 0.4) is 0 Å². The molecule has 18 heavy (non-hydrogen) atoms. The lowest BCUT2D eigenvalue weighted by molar-refractivity contribution is -0.118. The Kier molecular flexibility index (Phi) is 2.97. The number of urea groups is 1. The van der Waals surface area contributed by atoms with Crippen LogP contribution >= 0.6 is 0 Å². The van der Waals surface area contributed by atoms with Crippen LogP contribution in [0.1, 0.15) is 15.9 Å². The molecule has 0 atom stereocenters. The monoisotopic (exact) mass is 251 g/mol. The van der Waals surface area contributed by atoms with Gasteiger partial charge < -0.3 is 0 Å². The molecule has 0 bridgehead atoms. The number of amides is 4. The van der Waals surface area contributed by atoms with E-state index >= 15 is 0 Å². The van der Waals surface area contributed by atoms with Gasteiger partial charge in [0, 0.05) is 5.56 Å². The van der Waals surface area contributed by atoms with E-state index in [1.165, 1.54) is 12.1 Å². The number of aryl methyl sites for hydroxylation is 1. The van der Waals surface area contributed by atoms with E-state index in [0.29, 0.717) is 5.56 Å². The molecular weight excluding hydrogens is 241 g/mol. The van der Waals surface area contributed by atoms with Crippen molar-refractivity contribution in [2.24, 2.45) is 0 Å². The highest BCUT2D eigenvalue weighted by Crippen LogP contribution is 2.09. The Morgan fingerprint density at radius 2 is 2.17 bits per heavy atom. The largest absolute Gasteiger partial charge is 0.343 e. The lowest BCUT2D eigenvalue weighted by Gasteiger charge is -2.14. The number of carbonyl (C=O) groups is 3. The van der Waals surface area contributed by atoms with Crippen LogP contribution in [-0.2, 0) is 4.79 Å². The van der Waals surface area contributed by atoms with Crippen LogP contribution < -0.4 is 10.7 Å². The van der Waals surface area contributed by atoms with Crippen LogP contribution in [0, 0.1) is 12.7 Å².